The van der Waals surface area contributed by atoms with E-state index in [0.717, 1.165) is 24.3 Å². The van der Waals surface area contributed by atoms with Gasteiger partial charge in [-0.1, -0.05) is 23.2 Å². The van der Waals surface area contributed by atoms with Gasteiger partial charge in [0.05, 0.1) is 31.0 Å². The zero-order chi connectivity index (χ0) is 17.4. The molecule has 0 aliphatic rings. The van der Waals surface area contributed by atoms with E-state index in [9.17, 15) is 18.0 Å². The number of halogens is 2. The summed E-state index contributed by atoms with van der Waals surface area (Å²) in [5.74, 6) is -3.02. The minimum atomic E-state index is -4.08. The summed E-state index contributed by atoms with van der Waals surface area (Å²) in [6, 6.07) is 6.38. The molecule has 0 radical (unpaired) electrons. The molecule has 9 heteroatoms. The molecule has 120 valence electrons. The Hall–Kier alpha value is -2.09. The molecule has 0 fully saturated rings. The van der Waals surface area contributed by atoms with Crippen molar-refractivity contribution in [3.05, 3.63) is 57.6 Å². The van der Waals surface area contributed by atoms with Gasteiger partial charge in [-0.2, -0.15) is 0 Å². The molecule has 0 spiro atoms. The molecule has 0 saturated heterocycles. The first-order valence-electron chi connectivity index (χ1n) is 5.95. The summed E-state index contributed by atoms with van der Waals surface area (Å²) in [5.41, 5.74) is -1.13. The Kier molecular flexibility index (Phi) is 4.65. The first-order chi connectivity index (χ1) is 10.6. The Morgan fingerprint density at radius 3 is 1.83 bits per heavy atom. The van der Waals surface area contributed by atoms with Crippen molar-refractivity contribution in [2.45, 2.75) is 9.79 Å². The highest BCUT2D eigenvalue weighted by molar-refractivity contribution is 7.91. The lowest BCUT2D eigenvalue weighted by Gasteiger charge is -2.08. The van der Waals surface area contributed by atoms with Crippen molar-refractivity contribution >= 4 is 45.0 Å². The molecule has 0 bridgehead atoms. The van der Waals surface area contributed by atoms with Crippen molar-refractivity contribution in [3.63, 3.8) is 0 Å². The van der Waals surface area contributed by atoms with Crippen LogP contribution in [0.25, 0.3) is 0 Å². The number of hydrogen-bond donors (Lipinski definition) is 2. The third-order valence-electron chi connectivity index (χ3n) is 2.96. The van der Waals surface area contributed by atoms with E-state index in [4.69, 9.17) is 33.4 Å². The van der Waals surface area contributed by atoms with Crippen molar-refractivity contribution in [2.75, 3.05) is 0 Å². The van der Waals surface area contributed by atoms with Crippen LogP contribution in [0.4, 0.5) is 0 Å². The molecule has 0 unspecified atom stereocenters. The first kappa shape index (κ1) is 17.3. The summed E-state index contributed by atoms with van der Waals surface area (Å²) in [5, 5.41) is 18.2. The van der Waals surface area contributed by atoms with Crippen LogP contribution in [0.1, 0.15) is 20.7 Å². The fourth-order valence-electron chi connectivity index (χ4n) is 1.83. The Bertz CT molecular complexity index is 921. The summed E-state index contributed by atoms with van der Waals surface area (Å²) >= 11 is 11.5. The number of carboxylic acid groups (broad SMARTS) is 2. The number of aromatic carboxylic acids is 2. The molecule has 2 aromatic carbocycles. The molecule has 0 aliphatic heterocycles. The van der Waals surface area contributed by atoms with E-state index in [0.29, 0.717) is 0 Å². The summed E-state index contributed by atoms with van der Waals surface area (Å²) in [7, 11) is -4.08. The van der Waals surface area contributed by atoms with Crippen molar-refractivity contribution in [3.8, 4) is 0 Å². The van der Waals surface area contributed by atoms with Crippen LogP contribution in [-0.2, 0) is 9.84 Å². The van der Waals surface area contributed by atoms with Crippen molar-refractivity contribution in [2.24, 2.45) is 0 Å². The largest absolute Gasteiger partial charge is 0.478 e. The molecule has 23 heavy (non-hydrogen) atoms. The summed E-state index contributed by atoms with van der Waals surface area (Å²) in [6.07, 6.45) is 0. The highest BCUT2D eigenvalue weighted by Gasteiger charge is 2.23. The van der Waals surface area contributed by atoms with E-state index in [-0.39, 0.29) is 19.8 Å². The molecule has 0 aliphatic carbocycles. The lowest BCUT2D eigenvalue weighted by molar-refractivity contribution is 0.0651. The van der Waals surface area contributed by atoms with Crippen LogP contribution in [0.3, 0.4) is 0 Å². The predicted molar refractivity (Wildman–Crippen MR) is 82.3 cm³/mol. The molecule has 2 N–H and O–H groups in total. The van der Waals surface area contributed by atoms with Crippen LogP contribution in [0, 0.1) is 0 Å². The SMILES string of the molecule is O=C(O)c1ccc(S(=O)(=O)c2ccc(Cl)c(Cl)c2)cc1C(=O)O. The highest BCUT2D eigenvalue weighted by atomic mass is 35.5. The molecule has 0 amide bonds. The van der Waals surface area contributed by atoms with Crippen LogP contribution in [0.15, 0.2) is 46.2 Å². The van der Waals surface area contributed by atoms with Gasteiger partial charge in [-0.05, 0) is 36.4 Å². The van der Waals surface area contributed by atoms with Gasteiger partial charge in [-0.15, -0.1) is 0 Å². The van der Waals surface area contributed by atoms with Gasteiger partial charge in [0.1, 0.15) is 0 Å². The number of sulfone groups is 1. The Labute approximate surface area is 140 Å². The first-order valence-corrected chi connectivity index (χ1v) is 8.19. The van der Waals surface area contributed by atoms with Gasteiger partial charge in [-0.3, -0.25) is 0 Å². The maximum atomic E-state index is 12.5. The fraction of sp³-hybridized carbons (Fsp3) is 0. The van der Waals surface area contributed by atoms with Gasteiger partial charge in [0.25, 0.3) is 0 Å². The minimum Gasteiger partial charge on any atom is -0.478 e. The molecule has 0 atom stereocenters. The van der Waals surface area contributed by atoms with Gasteiger partial charge >= 0.3 is 11.9 Å². The minimum absolute atomic E-state index is 0.0216. The van der Waals surface area contributed by atoms with Crippen LogP contribution in [-0.4, -0.2) is 30.6 Å². The molecule has 2 rings (SSSR count). The Morgan fingerprint density at radius 1 is 0.783 bits per heavy atom. The van der Waals surface area contributed by atoms with E-state index >= 15 is 0 Å². The molecule has 0 saturated carbocycles. The van der Waals surface area contributed by atoms with Crippen molar-refractivity contribution in [1.82, 2.24) is 0 Å². The van der Waals surface area contributed by atoms with Crippen LogP contribution < -0.4 is 0 Å². The number of benzene rings is 2. The lowest BCUT2D eigenvalue weighted by Crippen LogP contribution is -2.10. The van der Waals surface area contributed by atoms with Gasteiger partial charge in [-0.25, -0.2) is 18.0 Å². The number of carbonyl (C=O) groups is 2. The maximum Gasteiger partial charge on any atom is 0.336 e. The summed E-state index contributed by atoms with van der Waals surface area (Å²) < 4.78 is 25.0. The molecule has 0 heterocycles. The van der Waals surface area contributed by atoms with E-state index in [1.54, 1.807) is 0 Å². The van der Waals surface area contributed by atoms with E-state index in [1.165, 1.54) is 12.1 Å². The van der Waals surface area contributed by atoms with E-state index in [1.807, 2.05) is 0 Å². The Morgan fingerprint density at radius 2 is 1.30 bits per heavy atom. The average Bonchev–Trinajstić information content (AvgIpc) is 2.49. The van der Waals surface area contributed by atoms with Gasteiger partial charge < -0.3 is 10.2 Å². The Balaban J connectivity index is 2.65. The summed E-state index contributed by atoms with van der Waals surface area (Å²) in [4.78, 5) is 21.6. The van der Waals surface area contributed by atoms with Crippen molar-refractivity contribution < 1.29 is 28.2 Å². The molecule has 0 aromatic heterocycles. The molecular formula is C14H8Cl2O6S. The van der Waals surface area contributed by atoms with Crippen LogP contribution >= 0.6 is 23.2 Å². The third kappa shape index (κ3) is 3.31. The average molecular weight is 375 g/mol. The maximum absolute atomic E-state index is 12.5. The lowest BCUT2D eigenvalue weighted by atomic mass is 10.1. The number of carboxylic acids is 2. The van der Waals surface area contributed by atoms with E-state index in [2.05, 4.69) is 0 Å². The second-order valence-corrected chi connectivity index (χ2v) is 7.16. The van der Waals surface area contributed by atoms with Gasteiger partial charge in [0.15, 0.2) is 0 Å². The normalized spacial score (nSPS) is 11.2. The summed E-state index contributed by atoms with van der Waals surface area (Å²) in [6.45, 7) is 0. The highest BCUT2D eigenvalue weighted by Crippen LogP contribution is 2.29. The number of hydrogen-bond acceptors (Lipinski definition) is 4. The van der Waals surface area contributed by atoms with Crippen molar-refractivity contribution in [1.29, 1.82) is 0 Å². The van der Waals surface area contributed by atoms with Gasteiger partial charge in [0, 0.05) is 0 Å². The molecule has 6 nitrogen and oxygen atoms in total. The smallest absolute Gasteiger partial charge is 0.336 e. The monoisotopic (exact) mass is 374 g/mol. The third-order valence-corrected chi connectivity index (χ3v) is 5.45. The zero-order valence-corrected chi connectivity index (χ0v) is 13.5. The second kappa shape index (κ2) is 6.19. The number of rotatable bonds is 4. The molecule has 2 aromatic rings. The topological polar surface area (TPSA) is 109 Å². The fourth-order valence-corrected chi connectivity index (χ4v) is 3.51. The van der Waals surface area contributed by atoms with Crippen LogP contribution in [0.5, 0.6) is 0 Å². The molecular weight excluding hydrogens is 367 g/mol. The predicted octanol–water partition coefficient (Wildman–Crippen LogP) is 3.22. The standard InChI is InChI=1S/C14H8Cl2O6S/c15-11-4-2-8(6-12(11)16)23(21,22)7-1-3-9(13(17)18)10(5-7)14(19)20/h1-6H,(H,17,18)(H,19,20). The van der Waals surface area contributed by atoms with Crippen LogP contribution in [0.2, 0.25) is 10.0 Å². The zero-order valence-electron chi connectivity index (χ0n) is 11.2. The van der Waals surface area contributed by atoms with E-state index < -0.39 is 32.9 Å². The second-order valence-electron chi connectivity index (χ2n) is 4.40. The quantitative estimate of drug-likeness (QED) is 0.849. The van der Waals surface area contributed by atoms with Gasteiger partial charge in [0.2, 0.25) is 9.84 Å².